The number of benzene rings is 1. The maximum Gasteiger partial charge on any atom is 0.407 e. The van der Waals surface area contributed by atoms with Crippen LogP contribution in [-0.2, 0) is 0 Å². The van der Waals surface area contributed by atoms with E-state index in [4.69, 9.17) is 10.8 Å². The number of piperidine rings is 1. The third-order valence-corrected chi connectivity index (χ3v) is 3.16. The molecule has 2 unspecified atom stereocenters. The van der Waals surface area contributed by atoms with Crippen LogP contribution in [0.5, 0.6) is 0 Å². The van der Waals surface area contributed by atoms with Crippen LogP contribution in [0.4, 0.5) is 4.79 Å². The van der Waals surface area contributed by atoms with Gasteiger partial charge >= 0.3 is 6.09 Å². The molecule has 0 spiro atoms. The summed E-state index contributed by atoms with van der Waals surface area (Å²) in [4.78, 5) is 12.2. The number of rotatable bonds is 1. The minimum Gasteiger partial charge on any atom is -0.465 e. The Kier molecular flexibility index (Phi) is 3.10. The predicted molar refractivity (Wildman–Crippen MR) is 61.4 cm³/mol. The lowest BCUT2D eigenvalue weighted by molar-refractivity contribution is 0.126. The van der Waals surface area contributed by atoms with Crippen molar-refractivity contribution in [2.75, 3.05) is 13.1 Å². The number of carbonyl (C=O) groups is 1. The van der Waals surface area contributed by atoms with Gasteiger partial charge in [-0.1, -0.05) is 30.3 Å². The van der Waals surface area contributed by atoms with Crippen molar-refractivity contribution < 1.29 is 9.90 Å². The highest BCUT2D eigenvalue weighted by Crippen LogP contribution is 2.26. The number of nitrogens with two attached hydrogens (primary N) is 1. The van der Waals surface area contributed by atoms with E-state index in [1.54, 1.807) is 0 Å². The summed E-state index contributed by atoms with van der Waals surface area (Å²) in [5, 5.41) is 8.88. The van der Waals surface area contributed by atoms with Crippen LogP contribution >= 0.6 is 0 Å². The molecule has 0 aliphatic carbocycles. The second-order valence-electron chi connectivity index (χ2n) is 4.20. The Labute approximate surface area is 94.7 Å². The molecule has 0 saturated carbocycles. The zero-order chi connectivity index (χ0) is 11.5. The van der Waals surface area contributed by atoms with Gasteiger partial charge in [0, 0.05) is 25.0 Å². The van der Waals surface area contributed by atoms with Crippen molar-refractivity contribution in [2.45, 2.75) is 18.4 Å². The Morgan fingerprint density at radius 3 is 2.62 bits per heavy atom. The molecule has 1 aromatic carbocycles. The van der Waals surface area contributed by atoms with Crippen LogP contribution in [0.15, 0.2) is 30.3 Å². The molecule has 1 aromatic rings. The van der Waals surface area contributed by atoms with E-state index in [0.29, 0.717) is 13.1 Å². The predicted octanol–water partition coefficient (Wildman–Crippen LogP) is 1.48. The van der Waals surface area contributed by atoms with Crippen LogP contribution in [0.3, 0.4) is 0 Å². The van der Waals surface area contributed by atoms with Crippen LogP contribution in [0.2, 0.25) is 0 Å². The molecule has 86 valence electrons. The number of nitrogens with zero attached hydrogens (tertiary/aromatic N) is 1. The largest absolute Gasteiger partial charge is 0.465 e. The van der Waals surface area contributed by atoms with Gasteiger partial charge in [-0.3, -0.25) is 0 Å². The van der Waals surface area contributed by atoms with Crippen molar-refractivity contribution in [2.24, 2.45) is 5.73 Å². The fourth-order valence-electron chi connectivity index (χ4n) is 2.27. The lowest BCUT2D eigenvalue weighted by Crippen LogP contribution is -2.49. The van der Waals surface area contributed by atoms with Gasteiger partial charge in [-0.05, 0) is 12.0 Å². The Balaban J connectivity index is 2.08. The second kappa shape index (κ2) is 4.53. The summed E-state index contributed by atoms with van der Waals surface area (Å²) in [6.07, 6.45) is -0.0701. The summed E-state index contributed by atoms with van der Waals surface area (Å²) < 4.78 is 0. The third-order valence-electron chi connectivity index (χ3n) is 3.16. The van der Waals surface area contributed by atoms with Gasteiger partial charge in [-0.25, -0.2) is 4.79 Å². The highest BCUT2D eigenvalue weighted by Gasteiger charge is 2.29. The first-order chi connectivity index (χ1) is 7.68. The Morgan fingerprint density at radius 2 is 2.06 bits per heavy atom. The minimum absolute atomic E-state index is 0.104. The highest BCUT2D eigenvalue weighted by molar-refractivity contribution is 5.65. The first-order valence-electron chi connectivity index (χ1n) is 5.47. The fourth-order valence-corrected chi connectivity index (χ4v) is 2.27. The van der Waals surface area contributed by atoms with Crippen molar-refractivity contribution in [1.29, 1.82) is 0 Å². The molecule has 2 atom stereocenters. The van der Waals surface area contributed by atoms with Gasteiger partial charge in [0.1, 0.15) is 0 Å². The molecule has 1 heterocycles. The molecule has 1 fully saturated rings. The first-order valence-corrected chi connectivity index (χ1v) is 5.47. The molecular formula is C12H16N2O2. The van der Waals surface area contributed by atoms with Crippen molar-refractivity contribution in [3.63, 3.8) is 0 Å². The smallest absolute Gasteiger partial charge is 0.407 e. The molecule has 0 bridgehead atoms. The maximum atomic E-state index is 10.8. The number of likely N-dealkylation sites (tertiary alicyclic amines) is 1. The molecule has 16 heavy (non-hydrogen) atoms. The van der Waals surface area contributed by atoms with Crippen LogP contribution in [0.1, 0.15) is 17.9 Å². The summed E-state index contributed by atoms with van der Waals surface area (Å²) in [7, 11) is 0. The molecule has 2 rings (SSSR count). The highest BCUT2D eigenvalue weighted by atomic mass is 16.4. The lowest BCUT2D eigenvalue weighted by Gasteiger charge is -2.35. The molecule has 4 nitrogen and oxygen atoms in total. The van der Waals surface area contributed by atoms with E-state index in [1.807, 2.05) is 18.2 Å². The zero-order valence-corrected chi connectivity index (χ0v) is 9.04. The summed E-state index contributed by atoms with van der Waals surface area (Å²) >= 11 is 0. The minimum atomic E-state index is -0.873. The van der Waals surface area contributed by atoms with E-state index in [-0.39, 0.29) is 12.0 Å². The summed E-state index contributed by atoms with van der Waals surface area (Å²) in [6.45, 7) is 0.998. The molecule has 0 aromatic heterocycles. The summed E-state index contributed by atoms with van der Waals surface area (Å²) in [5.74, 6) is 0.275. The van der Waals surface area contributed by atoms with E-state index in [1.165, 1.54) is 10.5 Å². The van der Waals surface area contributed by atoms with Crippen molar-refractivity contribution in [1.82, 2.24) is 4.90 Å². The molecule has 3 N–H and O–H groups in total. The van der Waals surface area contributed by atoms with Gasteiger partial charge in [0.15, 0.2) is 0 Å². The first kappa shape index (κ1) is 11.0. The average Bonchev–Trinajstić information content (AvgIpc) is 2.30. The topological polar surface area (TPSA) is 66.6 Å². The summed E-state index contributed by atoms with van der Waals surface area (Å²) in [5.41, 5.74) is 7.24. The Bertz CT molecular complexity index is 367. The van der Waals surface area contributed by atoms with Gasteiger partial charge in [0.2, 0.25) is 0 Å². The number of hydrogen-bond donors (Lipinski definition) is 2. The molecular weight excluding hydrogens is 204 g/mol. The molecule has 1 aliphatic heterocycles. The average molecular weight is 220 g/mol. The van der Waals surface area contributed by atoms with Crippen LogP contribution in [-0.4, -0.2) is 35.2 Å². The number of amides is 1. The Morgan fingerprint density at radius 1 is 1.38 bits per heavy atom. The lowest BCUT2D eigenvalue weighted by atomic mass is 9.86. The van der Waals surface area contributed by atoms with E-state index < -0.39 is 6.09 Å². The van der Waals surface area contributed by atoms with Crippen LogP contribution in [0.25, 0.3) is 0 Å². The van der Waals surface area contributed by atoms with E-state index >= 15 is 0 Å². The second-order valence-corrected chi connectivity index (χ2v) is 4.20. The van der Waals surface area contributed by atoms with E-state index in [9.17, 15) is 4.79 Å². The van der Waals surface area contributed by atoms with Crippen LogP contribution < -0.4 is 5.73 Å². The fraction of sp³-hybridized carbons (Fsp3) is 0.417. The molecule has 1 aliphatic rings. The SMILES string of the molecule is NC1CN(C(=O)O)CCC1c1ccccc1. The number of carboxylic acid groups (broad SMARTS) is 1. The maximum absolute atomic E-state index is 10.8. The van der Waals surface area contributed by atoms with Crippen molar-refractivity contribution in [3.05, 3.63) is 35.9 Å². The van der Waals surface area contributed by atoms with Gasteiger partial charge in [0.25, 0.3) is 0 Å². The van der Waals surface area contributed by atoms with E-state index in [2.05, 4.69) is 12.1 Å². The van der Waals surface area contributed by atoms with Crippen molar-refractivity contribution in [3.8, 4) is 0 Å². The zero-order valence-electron chi connectivity index (χ0n) is 9.04. The molecule has 1 amide bonds. The third kappa shape index (κ3) is 2.17. The monoisotopic (exact) mass is 220 g/mol. The van der Waals surface area contributed by atoms with E-state index in [0.717, 1.165) is 6.42 Å². The molecule has 4 heteroatoms. The number of hydrogen-bond acceptors (Lipinski definition) is 2. The van der Waals surface area contributed by atoms with Crippen molar-refractivity contribution >= 4 is 6.09 Å². The van der Waals surface area contributed by atoms with Gasteiger partial charge in [-0.15, -0.1) is 0 Å². The molecule has 0 radical (unpaired) electrons. The quantitative estimate of drug-likeness (QED) is 0.753. The van der Waals surface area contributed by atoms with Crippen LogP contribution in [0, 0.1) is 0 Å². The summed E-state index contributed by atoms with van der Waals surface area (Å²) in [6, 6.07) is 9.97. The van der Waals surface area contributed by atoms with Gasteiger partial charge in [0.05, 0.1) is 0 Å². The standard InChI is InChI=1S/C12H16N2O2/c13-11-8-14(12(15)16)7-6-10(11)9-4-2-1-3-5-9/h1-5,10-11H,6-8,13H2,(H,15,16). The molecule has 1 saturated heterocycles. The van der Waals surface area contributed by atoms with Gasteiger partial charge in [-0.2, -0.15) is 0 Å². The van der Waals surface area contributed by atoms with Gasteiger partial charge < -0.3 is 15.7 Å². The normalized spacial score (nSPS) is 25.4. The Hall–Kier alpha value is -1.55.